The van der Waals surface area contributed by atoms with Crippen LogP contribution >= 0.6 is 0 Å². The normalized spacial score (nSPS) is 22.6. The van der Waals surface area contributed by atoms with Crippen molar-refractivity contribution in [2.24, 2.45) is 5.92 Å². The zero-order valence-electron chi connectivity index (χ0n) is 17.7. The number of aliphatic hydroxyl groups is 1. The fourth-order valence-electron chi connectivity index (χ4n) is 2.97. The number of carbonyl (C=O) groups is 2. The van der Waals surface area contributed by atoms with Crippen molar-refractivity contribution in [3.05, 3.63) is 33.1 Å². The molecule has 1 saturated heterocycles. The van der Waals surface area contributed by atoms with Crippen LogP contribution in [0, 0.1) is 5.92 Å². The molecule has 0 unspecified atom stereocenters. The number of nitrogens with zero attached hydrogens (tertiary/aromatic N) is 1. The molecule has 2 rings (SSSR count). The molecule has 168 valence electrons. The quantitative estimate of drug-likeness (QED) is 0.548. The molecule has 2 heterocycles. The van der Waals surface area contributed by atoms with Crippen molar-refractivity contribution in [1.82, 2.24) is 14.9 Å². The van der Waals surface area contributed by atoms with Crippen molar-refractivity contribution in [3.63, 3.8) is 0 Å². The molecule has 1 aromatic heterocycles. The van der Waals surface area contributed by atoms with Gasteiger partial charge in [0.1, 0.15) is 30.1 Å². The number of aliphatic hydroxyl groups excluding tert-OH is 1. The lowest BCUT2D eigenvalue weighted by atomic mass is 10.0. The first-order valence-electron chi connectivity index (χ1n) is 9.69. The summed E-state index contributed by atoms with van der Waals surface area (Å²) in [7, 11) is 0. The predicted molar refractivity (Wildman–Crippen MR) is 105 cm³/mol. The van der Waals surface area contributed by atoms with Gasteiger partial charge in [-0.05, 0) is 26.7 Å². The summed E-state index contributed by atoms with van der Waals surface area (Å²) in [5.41, 5.74) is -1.96. The highest BCUT2D eigenvalue weighted by Crippen LogP contribution is 2.30. The third-order valence-corrected chi connectivity index (χ3v) is 4.38. The van der Waals surface area contributed by atoms with Gasteiger partial charge in [-0.2, -0.15) is 0 Å². The fourth-order valence-corrected chi connectivity index (χ4v) is 2.97. The molecule has 1 aromatic rings. The molecule has 0 aliphatic carbocycles. The van der Waals surface area contributed by atoms with Crippen LogP contribution < -0.4 is 16.6 Å². The molecule has 11 heteroatoms. The maximum atomic E-state index is 12.7. The van der Waals surface area contributed by atoms with Crippen LogP contribution in [-0.4, -0.2) is 57.2 Å². The zero-order valence-corrected chi connectivity index (χ0v) is 17.7. The van der Waals surface area contributed by atoms with E-state index in [1.54, 1.807) is 34.6 Å². The predicted octanol–water partition coefficient (Wildman–Crippen LogP) is 0.278. The highest BCUT2D eigenvalue weighted by atomic mass is 16.6. The van der Waals surface area contributed by atoms with Gasteiger partial charge in [-0.1, -0.05) is 13.8 Å². The van der Waals surface area contributed by atoms with Gasteiger partial charge in [-0.25, -0.2) is 14.4 Å². The van der Waals surface area contributed by atoms with Crippen molar-refractivity contribution < 1.29 is 28.9 Å². The number of aromatic amines is 1. The summed E-state index contributed by atoms with van der Waals surface area (Å²) in [6.07, 6.45) is -1.95. The summed E-state index contributed by atoms with van der Waals surface area (Å²) in [5, 5.41) is 12.1. The number of hydrogen-bond donors (Lipinski definition) is 3. The lowest BCUT2D eigenvalue weighted by Gasteiger charge is -2.26. The Kier molecular flexibility index (Phi) is 7.43. The molecule has 0 radical (unpaired) electrons. The molecule has 1 aliphatic rings. The lowest BCUT2D eigenvalue weighted by molar-refractivity contribution is -0.156. The van der Waals surface area contributed by atoms with E-state index >= 15 is 0 Å². The number of amides is 1. The number of hydrogen-bond acceptors (Lipinski definition) is 8. The molecule has 4 atom stereocenters. The second-order valence-corrected chi connectivity index (χ2v) is 8.41. The molecule has 1 fully saturated rings. The number of nitrogens with one attached hydrogen (secondary N) is 2. The molecule has 30 heavy (non-hydrogen) atoms. The largest absolute Gasteiger partial charge is 0.458 e. The molecule has 0 aromatic carbocycles. The standard InChI is InChI=1S/C19H29N3O8/c1-10(2)15(21-18(27)30-19(3,4)5)16(25)29-11-8-14(28-12(11)9-23)22-7-6-13(24)20-17(22)26/h6-7,10-12,14-15,23H,8-9H2,1-5H3,(H,21,27)(H,20,24,26)/t11-,12+,14+,15-/m0/s1. The summed E-state index contributed by atoms with van der Waals surface area (Å²) in [4.78, 5) is 50.1. The van der Waals surface area contributed by atoms with Crippen LogP contribution in [0.2, 0.25) is 0 Å². The van der Waals surface area contributed by atoms with E-state index in [2.05, 4.69) is 10.3 Å². The van der Waals surface area contributed by atoms with E-state index in [0.29, 0.717) is 0 Å². The maximum Gasteiger partial charge on any atom is 0.408 e. The molecule has 3 N–H and O–H groups in total. The molecular weight excluding hydrogens is 398 g/mol. The molecular formula is C19H29N3O8. The van der Waals surface area contributed by atoms with Gasteiger partial charge in [0.05, 0.1) is 6.61 Å². The molecule has 11 nitrogen and oxygen atoms in total. The highest BCUT2D eigenvalue weighted by Gasteiger charge is 2.40. The Morgan fingerprint density at radius 1 is 1.37 bits per heavy atom. The molecule has 0 spiro atoms. The van der Waals surface area contributed by atoms with Crippen molar-refractivity contribution in [3.8, 4) is 0 Å². The third kappa shape index (κ3) is 6.17. The van der Waals surface area contributed by atoms with Crippen LogP contribution in [0.25, 0.3) is 0 Å². The van der Waals surface area contributed by atoms with E-state index < -0.39 is 60.0 Å². The van der Waals surface area contributed by atoms with Gasteiger partial charge in [0, 0.05) is 18.7 Å². The van der Waals surface area contributed by atoms with Crippen LogP contribution in [0.4, 0.5) is 4.79 Å². The number of esters is 1. The summed E-state index contributed by atoms with van der Waals surface area (Å²) in [5.74, 6) is -1.00. The first-order chi connectivity index (χ1) is 13.9. The Morgan fingerprint density at radius 2 is 2.03 bits per heavy atom. The minimum Gasteiger partial charge on any atom is -0.458 e. The van der Waals surface area contributed by atoms with Gasteiger partial charge in [0.15, 0.2) is 0 Å². The second-order valence-electron chi connectivity index (χ2n) is 8.41. The van der Waals surface area contributed by atoms with E-state index in [-0.39, 0.29) is 12.3 Å². The van der Waals surface area contributed by atoms with Gasteiger partial charge in [-0.15, -0.1) is 0 Å². The Hall–Kier alpha value is -2.66. The number of aromatic nitrogens is 2. The van der Waals surface area contributed by atoms with E-state index in [1.165, 1.54) is 6.20 Å². The van der Waals surface area contributed by atoms with Gasteiger partial charge in [-0.3, -0.25) is 14.3 Å². The highest BCUT2D eigenvalue weighted by molar-refractivity contribution is 5.81. The summed E-state index contributed by atoms with van der Waals surface area (Å²) >= 11 is 0. The Balaban J connectivity index is 2.09. The topological polar surface area (TPSA) is 149 Å². The van der Waals surface area contributed by atoms with Crippen LogP contribution in [0.3, 0.4) is 0 Å². The van der Waals surface area contributed by atoms with E-state index in [4.69, 9.17) is 14.2 Å². The molecule has 0 saturated carbocycles. The Morgan fingerprint density at radius 3 is 2.57 bits per heavy atom. The van der Waals surface area contributed by atoms with Crippen molar-refractivity contribution in [2.45, 2.75) is 71.1 Å². The number of carbonyl (C=O) groups excluding carboxylic acids is 2. The maximum absolute atomic E-state index is 12.7. The molecule has 0 bridgehead atoms. The van der Waals surface area contributed by atoms with Crippen LogP contribution in [0.1, 0.15) is 47.3 Å². The number of H-pyrrole nitrogens is 1. The first kappa shape index (κ1) is 23.6. The number of alkyl carbamates (subject to hydrolysis) is 1. The fraction of sp³-hybridized carbons (Fsp3) is 0.684. The minimum absolute atomic E-state index is 0.0835. The summed E-state index contributed by atoms with van der Waals surface area (Å²) in [6.45, 7) is 8.14. The van der Waals surface area contributed by atoms with Gasteiger partial charge in [0.2, 0.25) is 0 Å². The molecule has 1 amide bonds. The van der Waals surface area contributed by atoms with Crippen LogP contribution in [0.5, 0.6) is 0 Å². The van der Waals surface area contributed by atoms with Crippen LogP contribution in [-0.2, 0) is 19.0 Å². The molecule has 1 aliphatic heterocycles. The minimum atomic E-state index is -0.978. The van der Waals surface area contributed by atoms with E-state index in [1.807, 2.05) is 0 Å². The smallest absolute Gasteiger partial charge is 0.408 e. The van der Waals surface area contributed by atoms with E-state index in [9.17, 15) is 24.3 Å². The lowest BCUT2D eigenvalue weighted by Crippen LogP contribution is -2.48. The second kappa shape index (κ2) is 9.43. The average Bonchev–Trinajstić information content (AvgIpc) is 3.00. The van der Waals surface area contributed by atoms with Crippen molar-refractivity contribution in [2.75, 3.05) is 6.61 Å². The van der Waals surface area contributed by atoms with Crippen LogP contribution in [0.15, 0.2) is 21.9 Å². The first-order valence-corrected chi connectivity index (χ1v) is 9.69. The Labute approximate surface area is 173 Å². The SMILES string of the molecule is CC(C)[C@H](NC(=O)OC(C)(C)C)C(=O)O[C@H]1C[C@H](n2ccc(=O)[nH]c2=O)O[C@@H]1CO. The Bertz CT molecular complexity index is 870. The zero-order chi connectivity index (χ0) is 22.6. The monoisotopic (exact) mass is 427 g/mol. The van der Waals surface area contributed by atoms with Gasteiger partial charge in [0.25, 0.3) is 5.56 Å². The third-order valence-electron chi connectivity index (χ3n) is 4.38. The van der Waals surface area contributed by atoms with Crippen molar-refractivity contribution in [1.29, 1.82) is 0 Å². The summed E-state index contributed by atoms with van der Waals surface area (Å²) in [6, 6.07) is 0.187. The van der Waals surface area contributed by atoms with Gasteiger partial charge >= 0.3 is 17.8 Å². The average molecular weight is 427 g/mol. The number of ether oxygens (including phenoxy) is 3. The summed E-state index contributed by atoms with van der Waals surface area (Å²) < 4.78 is 17.5. The van der Waals surface area contributed by atoms with E-state index in [0.717, 1.165) is 10.6 Å². The number of rotatable bonds is 6. The van der Waals surface area contributed by atoms with Gasteiger partial charge < -0.3 is 24.6 Å². The van der Waals surface area contributed by atoms with Crippen molar-refractivity contribution >= 4 is 12.1 Å².